The zero-order chi connectivity index (χ0) is 21.2. The summed E-state index contributed by atoms with van der Waals surface area (Å²) >= 11 is 0. The van der Waals surface area contributed by atoms with Crippen molar-refractivity contribution < 1.29 is 4.79 Å². The molecule has 3 heterocycles. The molecule has 0 bridgehead atoms. The third-order valence-corrected chi connectivity index (χ3v) is 5.96. The average molecular weight is 412 g/mol. The van der Waals surface area contributed by atoms with Gasteiger partial charge in [0, 0.05) is 42.4 Å². The molecule has 5 rings (SSSR count). The Kier molecular flexibility index (Phi) is 5.12. The Labute approximate surface area is 181 Å². The average Bonchev–Trinajstić information content (AvgIpc) is 3.31. The Morgan fingerprint density at radius 2 is 2.00 bits per heavy atom. The second kappa shape index (κ2) is 8.22. The maximum Gasteiger partial charge on any atom is 0.253 e. The van der Waals surface area contributed by atoms with Gasteiger partial charge in [0.05, 0.1) is 23.4 Å². The monoisotopic (exact) mass is 411 g/mol. The van der Waals surface area contributed by atoms with Crippen molar-refractivity contribution in [3.8, 4) is 0 Å². The summed E-state index contributed by atoms with van der Waals surface area (Å²) in [6.45, 7) is 2.04. The lowest BCUT2D eigenvalue weighted by atomic mass is 9.92. The number of likely N-dealkylation sites (tertiary alicyclic amines) is 1. The van der Waals surface area contributed by atoms with Crippen molar-refractivity contribution in [2.45, 2.75) is 25.3 Å². The van der Waals surface area contributed by atoms with Gasteiger partial charge in [0.2, 0.25) is 0 Å². The molecule has 1 saturated heterocycles. The number of carbonyl (C=O) groups is 1. The number of para-hydroxylation sites is 1. The molecule has 0 unspecified atom stereocenters. The molecule has 6 nitrogen and oxygen atoms in total. The largest absolute Gasteiger partial charge is 0.397 e. The first-order chi connectivity index (χ1) is 15.2. The maximum atomic E-state index is 13.3. The topological polar surface area (TPSA) is 77.0 Å². The van der Waals surface area contributed by atoms with Crippen LogP contribution >= 0.6 is 0 Å². The molecule has 2 N–H and O–H groups in total. The number of anilines is 1. The van der Waals surface area contributed by atoms with Gasteiger partial charge in [-0.25, -0.2) is 0 Å². The lowest BCUT2D eigenvalue weighted by Crippen LogP contribution is -2.39. The third kappa shape index (κ3) is 4.01. The molecule has 2 aromatic carbocycles. The van der Waals surface area contributed by atoms with Gasteiger partial charge in [-0.1, -0.05) is 30.3 Å². The summed E-state index contributed by atoms with van der Waals surface area (Å²) in [5, 5.41) is 5.29. The van der Waals surface area contributed by atoms with Crippen LogP contribution in [-0.4, -0.2) is 38.7 Å². The summed E-state index contributed by atoms with van der Waals surface area (Å²) in [6, 6.07) is 19.7. The van der Waals surface area contributed by atoms with E-state index in [2.05, 4.69) is 5.10 Å². The number of fused-ring (bicyclic) bond motifs is 1. The molecule has 0 radical (unpaired) electrons. The van der Waals surface area contributed by atoms with Gasteiger partial charge in [0.25, 0.3) is 5.91 Å². The van der Waals surface area contributed by atoms with Gasteiger partial charge in [-0.3, -0.25) is 14.5 Å². The van der Waals surface area contributed by atoms with Crippen molar-refractivity contribution in [3.63, 3.8) is 0 Å². The molecule has 31 heavy (non-hydrogen) atoms. The van der Waals surface area contributed by atoms with Crippen LogP contribution in [0.2, 0.25) is 0 Å². The summed E-state index contributed by atoms with van der Waals surface area (Å²) in [7, 11) is 0. The van der Waals surface area contributed by atoms with Crippen molar-refractivity contribution in [1.82, 2.24) is 19.7 Å². The summed E-state index contributed by atoms with van der Waals surface area (Å²) in [6.07, 6.45) is 5.61. The quantitative estimate of drug-likeness (QED) is 0.549. The van der Waals surface area contributed by atoms with E-state index in [4.69, 9.17) is 10.7 Å². The smallest absolute Gasteiger partial charge is 0.253 e. The Balaban J connectivity index is 1.36. The normalized spacial score (nSPS) is 16.5. The van der Waals surface area contributed by atoms with E-state index in [0.717, 1.165) is 41.5 Å². The molecule has 0 saturated carbocycles. The Bertz CT molecular complexity index is 1220. The number of hydrogen-bond acceptors (Lipinski definition) is 4. The van der Waals surface area contributed by atoms with Gasteiger partial charge in [-0.15, -0.1) is 0 Å². The lowest BCUT2D eigenvalue weighted by Gasteiger charge is -2.33. The first-order valence-corrected chi connectivity index (χ1v) is 10.7. The van der Waals surface area contributed by atoms with Gasteiger partial charge in [-0.05, 0) is 48.7 Å². The van der Waals surface area contributed by atoms with E-state index in [1.165, 1.54) is 0 Å². The summed E-state index contributed by atoms with van der Waals surface area (Å²) in [5.41, 5.74) is 10.7. The third-order valence-electron chi connectivity index (χ3n) is 5.96. The number of nitrogens with zero attached hydrogens (tertiary/aromatic N) is 4. The van der Waals surface area contributed by atoms with Crippen LogP contribution in [0, 0.1) is 0 Å². The molecular formula is C25H25N5O. The first kappa shape index (κ1) is 19.3. The van der Waals surface area contributed by atoms with Gasteiger partial charge in [0.1, 0.15) is 0 Å². The molecule has 1 atom stereocenters. The van der Waals surface area contributed by atoms with E-state index < -0.39 is 0 Å². The molecule has 1 aliphatic heterocycles. The van der Waals surface area contributed by atoms with Crippen LogP contribution in [0.5, 0.6) is 0 Å². The number of pyridine rings is 1. The molecule has 6 heteroatoms. The zero-order valence-corrected chi connectivity index (χ0v) is 17.3. The SMILES string of the molecule is Nc1cc2ccccc2nc1[C@H]1CCCN(C(=O)c2cccc(Cn3cccn3)c2)C1. The fourth-order valence-corrected chi connectivity index (χ4v) is 4.43. The number of rotatable bonds is 4. The molecule has 0 spiro atoms. The standard InChI is InChI=1S/C25H25N5O/c26-22-15-19-7-1-2-10-23(19)28-24(22)21-9-4-12-29(17-21)25(31)20-8-3-6-18(14-20)16-30-13-5-11-27-30/h1-3,5-8,10-11,13-15,21H,4,9,12,16-17,26H2/t21-/m0/s1. The van der Waals surface area contributed by atoms with Crippen LogP contribution in [0.15, 0.2) is 73.1 Å². The molecule has 1 amide bonds. The Hall–Kier alpha value is -3.67. The van der Waals surface area contributed by atoms with Crippen LogP contribution in [0.25, 0.3) is 10.9 Å². The number of nitrogens with two attached hydrogens (primary N) is 1. The van der Waals surface area contributed by atoms with Gasteiger partial charge < -0.3 is 10.6 Å². The van der Waals surface area contributed by atoms with Crippen molar-refractivity contribution in [2.75, 3.05) is 18.8 Å². The molecule has 1 aliphatic rings. The lowest BCUT2D eigenvalue weighted by molar-refractivity contribution is 0.0706. The fourth-order valence-electron chi connectivity index (χ4n) is 4.43. The van der Waals surface area contributed by atoms with Crippen LogP contribution in [0.4, 0.5) is 5.69 Å². The number of aromatic nitrogens is 3. The van der Waals surface area contributed by atoms with Gasteiger partial charge in [-0.2, -0.15) is 5.10 Å². The van der Waals surface area contributed by atoms with E-state index in [-0.39, 0.29) is 11.8 Å². The van der Waals surface area contributed by atoms with Crippen LogP contribution in [-0.2, 0) is 6.54 Å². The highest BCUT2D eigenvalue weighted by Gasteiger charge is 2.28. The number of piperidine rings is 1. The minimum atomic E-state index is 0.0615. The second-order valence-electron chi connectivity index (χ2n) is 8.15. The van der Waals surface area contributed by atoms with E-state index in [0.29, 0.717) is 24.3 Å². The van der Waals surface area contributed by atoms with E-state index in [9.17, 15) is 4.79 Å². The fraction of sp³-hybridized carbons (Fsp3) is 0.240. The van der Waals surface area contributed by atoms with Gasteiger partial charge >= 0.3 is 0 Å². The second-order valence-corrected chi connectivity index (χ2v) is 8.15. The summed E-state index contributed by atoms with van der Waals surface area (Å²) < 4.78 is 1.86. The summed E-state index contributed by atoms with van der Waals surface area (Å²) in [4.78, 5) is 20.1. The van der Waals surface area contributed by atoms with Gasteiger partial charge in [0.15, 0.2) is 0 Å². The maximum absolute atomic E-state index is 13.3. The van der Waals surface area contributed by atoms with Crippen molar-refractivity contribution >= 4 is 22.5 Å². The van der Waals surface area contributed by atoms with Crippen molar-refractivity contribution in [2.24, 2.45) is 0 Å². The zero-order valence-electron chi connectivity index (χ0n) is 17.3. The highest BCUT2D eigenvalue weighted by molar-refractivity contribution is 5.94. The highest BCUT2D eigenvalue weighted by atomic mass is 16.2. The molecular weight excluding hydrogens is 386 g/mol. The predicted molar refractivity (Wildman–Crippen MR) is 122 cm³/mol. The highest BCUT2D eigenvalue weighted by Crippen LogP contribution is 2.32. The number of hydrogen-bond donors (Lipinski definition) is 1. The Morgan fingerprint density at radius 3 is 2.87 bits per heavy atom. The molecule has 4 aromatic rings. The van der Waals surface area contributed by atoms with Crippen LogP contribution in [0.3, 0.4) is 0 Å². The number of benzene rings is 2. The van der Waals surface area contributed by atoms with Crippen LogP contribution in [0.1, 0.15) is 40.4 Å². The first-order valence-electron chi connectivity index (χ1n) is 10.7. The number of amides is 1. The number of carbonyl (C=O) groups excluding carboxylic acids is 1. The molecule has 0 aliphatic carbocycles. The van der Waals surface area contributed by atoms with E-state index >= 15 is 0 Å². The summed E-state index contributed by atoms with van der Waals surface area (Å²) in [5.74, 6) is 0.209. The molecule has 156 valence electrons. The van der Waals surface area contributed by atoms with E-state index in [1.807, 2.05) is 76.4 Å². The minimum absolute atomic E-state index is 0.0615. The van der Waals surface area contributed by atoms with E-state index in [1.54, 1.807) is 6.20 Å². The molecule has 1 fully saturated rings. The van der Waals surface area contributed by atoms with Crippen LogP contribution < -0.4 is 5.73 Å². The Morgan fingerprint density at radius 1 is 1.10 bits per heavy atom. The predicted octanol–water partition coefficient (Wildman–Crippen LogP) is 4.08. The number of nitrogen functional groups attached to an aromatic ring is 1. The molecule has 2 aromatic heterocycles. The van der Waals surface area contributed by atoms with Crippen molar-refractivity contribution in [1.29, 1.82) is 0 Å². The minimum Gasteiger partial charge on any atom is -0.397 e. The van der Waals surface area contributed by atoms with Crippen molar-refractivity contribution in [3.05, 3.63) is 89.9 Å².